The number of nitrogens with zero attached hydrogens (tertiary/aromatic N) is 2. The Hall–Kier alpha value is -0.700. The largest absolute Gasteiger partial charge is 0.309 e. The summed E-state index contributed by atoms with van der Waals surface area (Å²) in [5.41, 5.74) is 1.30. The number of carbonyl (C=O) groups excluding carboxylic acids is 1. The first-order valence-electron chi connectivity index (χ1n) is 5.80. The third-order valence-corrected chi connectivity index (χ3v) is 5.16. The van der Waals surface area contributed by atoms with Gasteiger partial charge < -0.3 is 4.90 Å². The number of nitrogens with two attached hydrogens (primary N) is 1. The van der Waals surface area contributed by atoms with E-state index in [0.29, 0.717) is 5.69 Å². The molecule has 9 heteroatoms. The zero-order valence-corrected chi connectivity index (χ0v) is 13.8. The van der Waals surface area contributed by atoms with Gasteiger partial charge in [0, 0.05) is 29.6 Å². The first-order chi connectivity index (χ1) is 9.19. The minimum Gasteiger partial charge on any atom is -0.309 e. The van der Waals surface area contributed by atoms with Gasteiger partial charge in [-0.2, -0.15) is 0 Å². The van der Waals surface area contributed by atoms with Gasteiger partial charge in [-0.25, -0.2) is 18.5 Å². The molecule has 20 heavy (non-hydrogen) atoms. The maximum atomic E-state index is 12.1. The molecule has 1 amide bonds. The van der Waals surface area contributed by atoms with Crippen molar-refractivity contribution in [3.8, 4) is 0 Å². The van der Waals surface area contributed by atoms with Gasteiger partial charge in [0.25, 0.3) is 0 Å². The van der Waals surface area contributed by atoms with Crippen molar-refractivity contribution in [3.05, 3.63) is 21.4 Å². The number of rotatable bonds is 3. The Morgan fingerprint density at radius 2 is 2.25 bits per heavy atom. The van der Waals surface area contributed by atoms with Crippen LogP contribution in [0.4, 0.5) is 5.69 Å². The summed E-state index contributed by atoms with van der Waals surface area (Å²) in [6.45, 7) is 2.08. The van der Waals surface area contributed by atoms with Gasteiger partial charge in [-0.05, 0) is 28.4 Å². The number of hydrogen-bond donors (Lipinski definition) is 1. The average Bonchev–Trinajstić information content (AvgIpc) is 2.63. The van der Waals surface area contributed by atoms with Crippen molar-refractivity contribution in [2.75, 3.05) is 17.2 Å². The van der Waals surface area contributed by atoms with Gasteiger partial charge in [0.1, 0.15) is 0 Å². The molecule has 2 rings (SSSR count). The highest BCUT2D eigenvalue weighted by molar-refractivity contribution is 9.10. The van der Waals surface area contributed by atoms with Gasteiger partial charge in [-0.1, -0.05) is 11.6 Å². The first kappa shape index (κ1) is 15.7. The molecule has 1 unspecified atom stereocenters. The first-order valence-corrected chi connectivity index (χ1v) is 8.69. The van der Waals surface area contributed by atoms with E-state index >= 15 is 0 Å². The van der Waals surface area contributed by atoms with Crippen LogP contribution in [0.25, 0.3) is 0 Å². The number of hydrogen-bond acceptors (Lipinski definition) is 4. The number of halogens is 2. The molecule has 0 saturated carbocycles. The van der Waals surface area contributed by atoms with Crippen LogP contribution in [0.2, 0.25) is 5.15 Å². The van der Waals surface area contributed by atoms with Crippen LogP contribution in [0.5, 0.6) is 0 Å². The van der Waals surface area contributed by atoms with E-state index in [1.807, 2.05) is 6.92 Å². The SMILES string of the molecule is Cc1c(Br)cnc(Cl)c1N1CC(CS(N)(=O)=O)CC1=O. The zero-order valence-electron chi connectivity index (χ0n) is 10.6. The molecule has 1 aromatic rings. The fraction of sp³-hybridized carbons (Fsp3) is 0.455. The van der Waals surface area contributed by atoms with E-state index in [1.165, 1.54) is 4.90 Å². The Bertz CT molecular complexity index is 665. The number of aromatic nitrogens is 1. The lowest BCUT2D eigenvalue weighted by atomic mass is 10.1. The maximum absolute atomic E-state index is 12.1. The number of primary sulfonamides is 1. The van der Waals surface area contributed by atoms with E-state index in [1.54, 1.807) is 6.20 Å². The quantitative estimate of drug-likeness (QED) is 0.801. The van der Waals surface area contributed by atoms with Crippen molar-refractivity contribution >= 4 is 49.1 Å². The van der Waals surface area contributed by atoms with Gasteiger partial charge in [0.2, 0.25) is 15.9 Å². The van der Waals surface area contributed by atoms with Crippen molar-refractivity contribution < 1.29 is 13.2 Å². The Kier molecular flexibility index (Phi) is 4.38. The van der Waals surface area contributed by atoms with Crippen molar-refractivity contribution in [2.45, 2.75) is 13.3 Å². The second kappa shape index (κ2) is 5.59. The Labute approximate surface area is 130 Å². The van der Waals surface area contributed by atoms with Gasteiger partial charge in [0.15, 0.2) is 5.15 Å². The lowest BCUT2D eigenvalue weighted by Crippen LogP contribution is -2.28. The number of pyridine rings is 1. The van der Waals surface area contributed by atoms with Crippen molar-refractivity contribution in [1.82, 2.24) is 4.98 Å². The fourth-order valence-electron chi connectivity index (χ4n) is 2.29. The molecule has 1 aliphatic rings. The summed E-state index contributed by atoms with van der Waals surface area (Å²) < 4.78 is 23.0. The number of amides is 1. The Balaban J connectivity index is 2.31. The summed E-state index contributed by atoms with van der Waals surface area (Å²) in [5, 5.41) is 5.24. The van der Waals surface area contributed by atoms with Gasteiger partial charge in [-0.15, -0.1) is 0 Å². The third kappa shape index (κ3) is 3.30. The molecular weight excluding hydrogens is 370 g/mol. The predicted octanol–water partition coefficient (Wildman–Crippen LogP) is 1.45. The van der Waals surface area contributed by atoms with Crippen molar-refractivity contribution in [2.24, 2.45) is 11.1 Å². The molecular formula is C11H13BrClN3O3S. The number of anilines is 1. The van der Waals surface area contributed by atoms with Gasteiger partial charge >= 0.3 is 0 Å². The standard InChI is InChI=1S/C11H13BrClN3O3S/c1-6-8(12)3-15-11(13)10(6)16-4-7(2-9(16)17)5-20(14,18)19/h3,7H,2,4-5H2,1H3,(H2,14,18,19). The summed E-state index contributed by atoms with van der Waals surface area (Å²) in [6.07, 6.45) is 1.70. The van der Waals surface area contributed by atoms with Crippen LogP contribution in [-0.4, -0.2) is 31.6 Å². The molecule has 1 saturated heterocycles. The Morgan fingerprint density at radius 3 is 2.85 bits per heavy atom. The van der Waals surface area contributed by atoms with Gasteiger partial charge in [-0.3, -0.25) is 4.79 Å². The molecule has 1 aliphatic heterocycles. The van der Waals surface area contributed by atoms with Crippen LogP contribution in [0.1, 0.15) is 12.0 Å². The second-order valence-corrected chi connectivity index (χ2v) is 7.65. The molecule has 0 aliphatic carbocycles. The highest BCUT2D eigenvalue weighted by Gasteiger charge is 2.35. The maximum Gasteiger partial charge on any atom is 0.227 e. The average molecular weight is 383 g/mol. The molecule has 110 valence electrons. The molecule has 0 bridgehead atoms. The summed E-state index contributed by atoms with van der Waals surface area (Å²) in [4.78, 5) is 17.6. The minimum absolute atomic E-state index is 0.138. The molecule has 1 aromatic heterocycles. The highest BCUT2D eigenvalue weighted by atomic mass is 79.9. The minimum atomic E-state index is -3.60. The monoisotopic (exact) mass is 381 g/mol. The van der Waals surface area contributed by atoms with E-state index < -0.39 is 10.0 Å². The van der Waals surface area contributed by atoms with Gasteiger partial charge in [0.05, 0.1) is 11.4 Å². The predicted molar refractivity (Wildman–Crippen MR) is 80.1 cm³/mol. The summed E-state index contributed by atoms with van der Waals surface area (Å²) >= 11 is 9.40. The summed E-state index contributed by atoms with van der Waals surface area (Å²) in [5.74, 6) is -0.719. The van der Waals surface area contributed by atoms with Crippen LogP contribution in [0, 0.1) is 12.8 Å². The lowest BCUT2D eigenvalue weighted by Gasteiger charge is -2.20. The second-order valence-electron chi connectivity index (χ2n) is 4.77. The van der Waals surface area contributed by atoms with Crippen LogP contribution in [-0.2, 0) is 14.8 Å². The normalized spacial score (nSPS) is 19.7. The van der Waals surface area contributed by atoms with Crippen molar-refractivity contribution in [3.63, 3.8) is 0 Å². The van der Waals surface area contributed by atoms with Crippen LogP contribution < -0.4 is 10.0 Å². The zero-order chi connectivity index (χ0) is 15.1. The molecule has 1 atom stereocenters. The smallest absolute Gasteiger partial charge is 0.227 e. The van der Waals surface area contributed by atoms with E-state index in [4.69, 9.17) is 16.7 Å². The Morgan fingerprint density at radius 1 is 1.60 bits per heavy atom. The number of carbonyl (C=O) groups is 1. The summed E-state index contributed by atoms with van der Waals surface area (Å²) in [7, 11) is -3.60. The van der Waals surface area contributed by atoms with E-state index in [2.05, 4.69) is 20.9 Å². The van der Waals surface area contributed by atoms with E-state index in [-0.39, 0.29) is 35.7 Å². The fourth-order valence-corrected chi connectivity index (χ4v) is 3.75. The van der Waals surface area contributed by atoms with E-state index in [9.17, 15) is 13.2 Å². The molecule has 0 radical (unpaired) electrons. The van der Waals surface area contributed by atoms with Crippen LogP contribution >= 0.6 is 27.5 Å². The topological polar surface area (TPSA) is 93.4 Å². The molecule has 0 spiro atoms. The van der Waals surface area contributed by atoms with Crippen LogP contribution in [0.15, 0.2) is 10.7 Å². The molecule has 2 heterocycles. The van der Waals surface area contributed by atoms with E-state index in [0.717, 1.165) is 10.0 Å². The number of sulfonamides is 1. The molecule has 1 fully saturated rings. The molecule has 2 N–H and O–H groups in total. The highest BCUT2D eigenvalue weighted by Crippen LogP contribution is 2.36. The molecule has 6 nitrogen and oxygen atoms in total. The lowest BCUT2D eigenvalue weighted by molar-refractivity contribution is -0.117. The summed E-state index contributed by atoms with van der Waals surface area (Å²) in [6, 6.07) is 0. The van der Waals surface area contributed by atoms with Crippen LogP contribution in [0.3, 0.4) is 0 Å². The van der Waals surface area contributed by atoms with Crippen molar-refractivity contribution in [1.29, 1.82) is 0 Å². The third-order valence-electron chi connectivity index (χ3n) is 3.14. The molecule has 0 aromatic carbocycles.